The van der Waals surface area contributed by atoms with E-state index in [1.165, 1.54) is 6.07 Å². The van der Waals surface area contributed by atoms with E-state index in [9.17, 15) is 13.9 Å². The monoisotopic (exact) mass is 202 g/mol. The summed E-state index contributed by atoms with van der Waals surface area (Å²) in [5.74, 6) is 0.0388. The summed E-state index contributed by atoms with van der Waals surface area (Å²) in [6, 6.07) is 6.25. The fourth-order valence-electron chi connectivity index (χ4n) is 1.18. The summed E-state index contributed by atoms with van der Waals surface area (Å²) in [5.41, 5.74) is 0.398. The van der Waals surface area contributed by atoms with Crippen LogP contribution in [0.4, 0.5) is 8.78 Å². The van der Waals surface area contributed by atoms with Crippen molar-refractivity contribution in [2.45, 2.75) is 26.1 Å². The van der Waals surface area contributed by atoms with Gasteiger partial charge in [0.05, 0.1) is 6.10 Å². The molecule has 1 rings (SSSR count). The van der Waals surface area contributed by atoms with E-state index in [-0.39, 0.29) is 5.75 Å². The Bertz CT molecular complexity index is 289. The van der Waals surface area contributed by atoms with Crippen LogP contribution in [0.5, 0.6) is 5.75 Å². The molecule has 0 aromatic heterocycles. The van der Waals surface area contributed by atoms with Crippen LogP contribution in [0.2, 0.25) is 0 Å². The number of benzene rings is 1. The number of aliphatic hydroxyl groups excluding tert-OH is 1. The molecule has 0 saturated carbocycles. The summed E-state index contributed by atoms with van der Waals surface area (Å²) in [6.07, 6.45) is -0.297. The molecule has 1 N–H and O–H groups in total. The third-order valence-corrected chi connectivity index (χ3v) is 1.88. The summed E-state index contributed by atoms with van der Waals surface area (Å²) in [5, 5.41) is 9.50. The zero-order chi connectivity index (χ0) is 10.6. The van der Waals surface area contributed by atoms with Gasteiger partial charge in [-0.1, -0.05) is 25.1 Å². The lowest BCUT2D eigenvalue weighted by molar-refractivity contribution is -0.0515. The number of alkyl halides is 2. The van der Waals surface area contributed by atoms with Crippen molar-refractivity contribution < 1.29 is 18.6 Å². The Balaban J connectivity index is 2.91. The Morgan fingerprint density at radius 3 is 2.57 bits per heavy atom. The van der Waals surface area contributed by atoms with Crippen LogP contribution >= 0.6 is 0 Å². The predicted octanol–water partition coefficient (Wildman–Crippen LogP) is 2.73. The average Bonchev–Trinajstić information content (AvgIpc) is 2.16. The van der Waals surface area contributed by atoms with Crippen LogP contribution in [0.3, 0.4) is 0 Å². The van der Waals surface area contributed by atoms with Gasteiger partial charge in [-0.2, -0.15) is 8.78 Å². The van der Waals surface area contributed by atoms with Crippen molar-refractivity contribution in [3.8, 4) is 5.75 Å². The Kier molecular flexibility index (Phi) is 3.83. The topological polar surface area (TPSA) is 29.5 Å². The Labute approximate surface area is 81.1 Å². The maximum Gasteiger partial charge on any atom is 0.387 e. The average molecular weight is 202 g/mol. The van der Waals surface area contributed by atoms with E-state index in [1.807, 2.05) is 0 Å². The van der Waals surface area contributed by atoms with Gasteiger partial charge in [0.1, 0.15) is 5.75 Å². The molecule has 0 fully saturated rings. The second-order valence-corrected chi connectivity index (χ2v) is 2.84. The van der Waals surface area contributed by atoms with Gasteiger partial charge in [0.2, 0.25) is 0 Å². The summed E-state index contributed by atoms with van der Waals surface area (Å²) in [6.45, 7) is -1.09. The first-order valence-corrected chi connectivity index (χ1v) is 4.37. The van der Waals surface area contributed by atoms with Gasteiger partial charge >= 0.3 is 6.61 Å². The van der Waals surface area contributed by atoms with E-state index in [0.717, 1.165) is 0 Å². The smallest absolute Gasteiger partial charge is 0.387 e. The van der Waals surface area contributed by atoms with Gasteiger partial charge < -0.3 is 9.84 Å². The highest BCUT2D eigenvalue weighted by molar-refractivity contribution is 5.34. The van der Waals surface area contributed by atoms with Crippen LogP contribution in [-0.4, -0.2) is 11.7 Å². The van der Waals surface area contributed by atoms with Gasteiger partial charge in [-0.15, -0.1) is 0 Å². The lowest BCUT2D eigenvalue weighted by Gasteiger charge is -2.13. The van der Waals surface area contributed by atoms with Gasteiger partial charge in [-0.25, -0.2) is 0 Å². The molecule has 2 nitrogen and oxygen atoms in total. The SMILES string of the molecule is CCC(O)c1ccccc1OC(F)F. The normalized spacial score (nSPS) is 12.9. The Morgan fingerprint density at radius 2 is 2.00 bits per heavy atom. The molecule has 0 aliphatic rings. The Hall–Kier alpha value is -1.16. The molecule has 78 valence electrons. The highest BCUT2D eigenvalue weighted by atomic mass is 19.3. The van der Waals surface area contributed by atoms with Crippen molar-refractivity contribution in [3.63, 3.8) is 0 Å². The standard InChI is InChI=1S/C10H12F2O2/c1-2-8(13)7-5-3-4-6-9(7)14-10(11)12/h3-6,8,10,13H,2H2,1H3. The summed E-state index contributed by atoms with van der Waals surface area (Å²) >= 11 is 0. The third-order valence-electron chi connectivity index (χ3n) is 1.88. The van der Waals surface area contributed by atoms with Crippen LogP contribution in [0.15, 0.2) is 24.3 Å². The molecule has 0 amide bonds. The Morgan fingerprint density at radius 1 is 1.36 bits per heavy atom. The maximum absolute atomic E-state index is 12.0. The molecule has 0 saturated heterocycles. The minimum absolute atomic E-state index is 0.0388. The molecule has 1 atom stereocenters. The van der Waals surface area contributed by atoms with E-state index in [0.29, 0.717) is 12.0 Å². The van der Waals surface area contributed by atoms with Crippen molar-refractivity contribution in [1.82, 2.24) is 0 Å². The molecule has 0 spiro atoms. The molecule has 0 bridgehead atoms. The highest BCUT2D eigenvalue weighted by Gasteiger charge is 2.13. The fraction of sp³-hybridized carbons (Fsp3) is 0.400. The molecule has 4 heteroatoms. The minimum atomic E-state index is -2.86. The van der Waals surface area contributed by atoms with Crippen molar-refractivity contribution in [3.05, 3.63) is 29.8 Å². The molecule has 1 aromatic rings. The van der Waals surface area contributed by atoms with E-state index in [4.69, 9.17) is 0 Å². The first-order chi connectivity index (χ1) is 6.65. The summed E-state index contributed by atoms with van der Waals surface area (Å²) < 4.78 is 28.2. The zero-order valence-electron chi connectivity index (χ0n) is 7.78. The lowest BCUT2D eigenvalue weighted by atomic mass is 10.1. The number of hydrogen-bond acceptors (Lipinski definition) is 2. The summed E-state index contributed by atoms with van der Waals surface area (Å²) in [4.78, 5) is 0. The van der Waals surface area contributed by atoms with Crippen molar-refractivity contribution >= 4 is 0 Å². The minimum Gasteiger partial charge on any atom is -0.434 e. The summed E-state index contributed by atoms with van der Waals surface area (Å²) in [7, 11) is 0. The van der Waals surface area contributed by atoms with Gasteiger partial charge in [0.25, 0.3) is 0 Å². The molecule has 1 aromatic carbocycles. The molecular weight excluding hydrogens is 190 g/mol. The van der Waals surface area contributed by atoms with Crippen LogP contribution in [0.1, 0.15) is 25.0 Å². The second kappa shape index (κ2) is 4.91. The molecule has 0 aliphatic heterocycles. The first-order valence-electron chi connectivity index (χ1n) is 4.37. The molecular formula is C10H12F2O2. The quantitative estimate of drug-likeness (QED) is 0.813. The van der Waals surface area contributed by atoms with E-state index >= 15 is 0 Å². The molecule has 1 unspecified atom stereocenters. The van der Waals surface area contributed by atoms with E-state index < -0.39 is 12.7 Å². The third kappa shape index (κ3) is 2.67. The van der Waals surface area contributed by atoms with Crippen LogP contribution in [0.25, 0.3) is 0 Å². The van der Waals surface area contributed by atoms with Crippen LogP contribution in [0, 0.1) is 0 Å². The number of rotatable bonds is 4. The second-order valence-electron chi connectivity index (χ2n) is 2.84. The van der Waals surface area contributed by atoms with E-state index in [2.05, 4.69) is 4.74 Å². The van der Waals surface area contributed by atoms with Crippen molar-refractivity contribution in [2.75, 3.05) is 0 Å². The largest absolute Gasteiger partial charge is 0.434 e. The number of aliphatic hydroxyl groups is 1. The van der Waals surface area contributed by atoms with Crippen LogP contribution < -0.4 is 4.74 Å². The van der Waals surface area contributed by atoms with Gasteiger partial charge in [0, 0.05) is 5.56 Å². The fourth-order valence-corrected chi connectivity index (χ4v) is 1.18. The molecule has 0 aliphatic carbocycles. The van der Waals surface area contributed by atoms with Gasteiger partial charge in [-0.3, -0.25) is 0 Å². The van der Waals surface area contributed by atoms with Gasteiger partial charge in [-0.05, 0) is 12.5 Å². The van der Waals surface area contributed by atoms with Crippen molar-refractivity contribution in [1.29, 1.82) is 0 Å². The number of hydrogen-bond donors (Lipinski definition) is 1. The maximum atomic E-state index is 12.0. The zero-order valence-corrected chi connectivity index (χ0v) is 7.78. The highest BCUT2D eigenvalue weighted by Crippen LogP contribution is 2.27. The number of halogens is 2. The molecule has 0 heterocycles. The van der Waals surface area contributed by atoms with Crippen molar-refractivity contribution in [2.24, 2.45) is 0 Å². The predicted molar refractivity (Wildman–Crippen MR) is 48.3 cm³/mol. The molecule has 14 heavy (non-hydrogen) atoms. The first kappa shape index (κ1) is 10.9. The van der Waals surface area contributed by atoms with E-state index in [1.54, 1.807) is 25.1 Å². The van der Waals surface area contributed by atoms with Gasteiger partial charge in [0.15, 0.2) is 0 Å². The van der Waals surface area contributed by atoms with Crippen LogP contribution in [-0.2, 0) is 0 Å². The lowest BCUT2D eigenvalue weighted by Crippen LogP contribution is -2.06. The number of ether oxygens (including phenoxy) is 1. The molecule has 0 radical (unpaired) electrons. The number of para-hydroxylation sites is 1.